The zero-order valence-corrected chi connectivity index (χ0v) is 15.1. The molecule has 0 spiro atoms. The van der Waals surface area contributed by atoms with Crippen LogP contribution in [0.2, 0.25) is 0 Å². The van der Waals surface area contributed by atoms with Crippen molar-refractivity contribution >= 4 is 5.91 Å². The zero-order chi connectivity index (χ0) is 19.7. The Kier molecular flexibility index (Phi) is 4.27. The number of nitrogens with one attached hydrogen (secondary N) is 1. The van der Waals surface area contributed by atoms with Crippen LogP contribution in [0, 0.1) is 22.7 Å². The van der Waals surface area contributed by atoms with E-state index in [1.54, 1.807) is 18.2 Å². The molecule has 0 aromatic heterocycles. The summed E-state index contributed by atoms with van der Waals surface area (Å²) in [5.74, 6) is 0.390. The third-order valence-corrected chi connectivity index (χ3v) is 4.86. The summed E-state index contributed by atoms with van der Waals surface area (Å²) in [7, 11) is 1.52. The normalized spacial score (nSPS) is 11.9. The van der Waals surface area contributed by atoms with E-state index in [-0.39, 0.29) is 5.91 Å². The van der Waals surface area contributed by atoms with Gasteiger partial charge in [0.25, 0.3) is 5.91 Å². The van der Waals surface area contributed by atoms with E-state index < -0.39 is 0 Å². The molecule has 0 saturated heterocycles. The first-order valence-corrected chi connectivity index (χ1v) is 8.68. The van der Waals surface area contributed by atoms with E-state index in [0.717, 1.165) is 27.8 Å². The predicted octanol–water partition coefficient (Wildman–Crippen LogP) is 4.02. The van der Waals surface area contributed by atoms with Crippen molar-refractivity contribution in [3.05, 3.63) is 76.9 Å². The molecule has 0 aliphatic carbocycles. The third-order valence-electron chi connectivity index (χ3n) is 4.86. The van der Waals surface area contributed by atoms with Crippen molar-refractivity contribution in [1.82, 2.24) is 5.32 Å². The monoisotopic (exact) mass is 365 g/mol. The van der Waals surface area contributed by atoms with Crippen LogP contribution in [0.25, 0.3) is 22.3 Å². The number of carbonyl (C=O) groups excluding carboxylic acids is 1. The van der Waals surface area contributed by atoms with Crippen molar-refractivity contribution in [2.75, 3.05) is 7.11 Å². The molecule has 0 unspecified atom stereocenters. The van der Waals surface area contributed by atoms with Crippen LogP contribution in [0.3, 0.4) is 0 Å². The summed E-state index contributed by atoms with van der Waals surface area (Å²) in [6.45, 7) is 0.478. The molecule has 0 saturated carbocycles. The molecule has 28 heavy (non-hydrogen) atoms. The van der Waals surface area contributed by atoms with E-state index in [1.807, 2.05) is 36.4 Å². The van der Waals surface area contributed by atoms with Gasteiger partial charge in [-0.05, 0) is 64.2 Å². The standard InChI is InChI=1S/C23H15N3O2/c1-28-22-6-5-16(8-17(22)12-25)20-10-21-18(13-26-23(21)27)9-19(20)15-4-2-3-14(7-15)11-24/h2-10H,13H2,1H3,(H,26,27). The van der Waals surface area contributed by atoms with Crippen LogP contribution in [0.15, 0.2) is 54.6 Å². The van der Waals surface area contributed by atoms with Crippen molar-refractivity contribution in [2.45, 2.75) is 6.54 Å². The molecule has 1 aliphatic rings. The van der Waals surface area contributed by atoms with E-state index in [0.29, 0.717) is 29.0 Å². The number of carbonyl (C=O) groups is 1. The molecular formula is C23H15N3O2. The molecule has 4 rings (SSSR count). The maximum absolute atomic E-state index is 12.2. The largest absolute Gasteiger partial charge is 0.495 e. The van der Waals surface area contributed by atoms with Gasteiger partial charge in [0, 0.05) is 12.1 Å². The van der Waals surface area contributed by atoms with Gasteiger partial charge in [0.15, 0.2) is 0 Å². The highest BCUT2D eigenvalue weighted by atomic mass is 16.5. The Morgan fingerprint density at radius 3 is 2.46 bits per heavy atom. The smallest absolute Gasteiger partial charge is 0.251 e. The predicted molar refractivity (Wildman–Crippen MR) is 104 cm³/mol. The van der Waals surface area contributed by atoms with Gasteiger partial charge >= 0.3 is 0 Å². The van der Waals surface area contributed by atoms with Gasteiger partial charge in [0.05, 0.1) is 24.3 Å². The fourth-order valence-electron chi connectivity index (χ4n) is 3.47. The van der Waals surface area contributed by atoms with Gasteiger partial charge in [-0.2, -0.15) is 10.5 Å². The third kappa shape index (κ3) is 2.86. The van der Waals surface area contributed by atoms with Crippen LogP contribution in [-0.4, -0.2) is 13.0 Å². The lowest BCUT2D eigenvalue weighted by Gasteiger charge is -2.14. The minimum Gasteiger partial charge on any atom is -0.495 e. The van der Waals surface area contributed by atoms with Gasteiger partial charge < -0.3 is 10.1 Å². The molecular weight excluding hydrogens is 350 g/mol. The second kappa shape index (κ2) is 6.90. The van der Waals surface area contributed by atoms with E-state index in [9.17, 15) is 15.3 Å². The first kappa shape index (κ1) is 17.3. The van der Waals surface area contributed by atoms with Crippen molar-refractivity contribution < 1.29 is 9.53 Å². The number of hydrogen-bond acceptors (Lipinski definition) is 4. The maximum atomic E-state index is 12.2. The minimum absolute atomic E-state index is 0.109. The fourth-order valence-corrected chi connectivity index (χ4v) is 3.47. The number of benzene rings is 3. The Hall–Kier alpha value is -4.09. The summed E-state index contributed by atoms with van der Waals surface area (Å²) >= 11 is 0. The summed E-state index contributed by atoms with van der Waals surface area (Å²) in [5, 5.41) is 21.5. The van der Waals surface area contributed by atoms with Gasteiger partial charge in [-0.3, -0.25) is 4.79 Å². The number of nitriles is 2. The molecule has 3 aromatic carbocycles. The Bertz CT molecular complexity index is 1200. The molecule has 134 valence electrons. The van der Waals surface area contributed by atoms with E-state index >= 15 is 0 Å². The Morgan fingerprint density at radius 2 is 1.71 bits per heavy atom. The van der Waals surface area contributed by atoms with Gasteiger partial charge in [0.2, 0.25) is 0 Å². The van der Waals surface area contributed by atoms with Crippen LogP contribution >= 0.6 is 0 Å². The number of nitrogens with zero attached hydrogens (tertiary/aromatic N) is 2. The summed E-state index contributed by atoms with van der Waals surface area (Å²) in [6, 6.07) is 20.9. The summed E-state index contributed by atoms with van der Waals surface area (Å²) in [4.78, 5) is 12.2. The number of fused-ring (bicyclic) bond motifs is 1. The Balaban J connectivity index is 1.98. The summed E-state index contributed by atoms with van der Waals surface area (Å²) in [6.07, 6.45) is 0. The van der Waals surface area contributed by atoms with Crippen molar-refractivity contribution in [3.8, 4) is 40.1 Å². The maximum Gasteiger partial charge on any atom is 0.251 e. The van der Waals surface area contributed by atoms with Crippen LogP contribution in [-0.2, 0) is 6.54 Å². The van der Waals surface area contributed by atoms with Crippen LogP contribution in [0.4, 0.5) is 0 Å². The van der Waals surface area contributed by atoms with Crippen molar-refractivity contribution in [3.63, 3.8) is 0 Å². The molecule has 0 bridgehead atoms. The van der Waals surface area contributed by atoms with Crippen molar-refractivity contribution in [1.29, 1.82) is 10.5 Å². The number of amides is 1. The van der Waals surface area contributed by atoms with Crippen LogP contribution < -0.4 is 10.1 Å². The highest BCUT2D eigenvalue weighted by Crippen LogP contribution is 2.37. The topological polar surface area (TPSA) is 85.9 Å². The number of methoxy groups -OCH3 is 1. The SMILES string of the molecule is COc1ccc(-c2cc3c(cc2-c2cccc(C#N)c2)CNC3=O)cc1C#N. The summed E-state index contributed by atoms with van der Waals surface area (Å²) < 4.78 is 5.24. The second-order valence-corrected chi connectivity index (χ2v) is 6.46. The van der Waals surface area contributed by atoms with E-state index in [4.69, 9.17) is 4.74 Å². The molecule has 5 nitrogen and oxygen atoms in total. The van der Waals surface area contributed by atoms with Gasteiger partial charge in [-0.15, -0.1) is 0 Å². The zero-order valence-electron chi connectivity index (χ0n) is 15.1. The highest BCUT2D eigenvalue weighted by molar-refractivity contribution is 6.01. The van der Waals surface area contributed by atoms with E-state index in [2.05, 4.69) is 17.5 Å². The van der Waals surface area contributed by atoms with Crippen LogP contribution in [0.5, 0.6) is 5.75 Å². The fraction of sp³-hybridized carbons (Fsp3) is 0.0870. The lowest BCUT2D eigenvalue weighted by Crippen LogP contribution is -2.12. The molecule has 1 aliphatic heterocycles. The van der Waals surface area contributed by atoms with Gasteiger partial charge in [0.1, 0.15) is 11.8 Å². The number of hydrogen-bond donors (Lipinski definition) is 1. The number of rotatable bonds is 3. The Morgan fingerprint density at radius 1 is 0.929 bits per heavy atom. The second-order valence-electron chi connectivity index (χ2n) is 6.46. The number of ether oxygens (including phenoxy) is 1. The quantitative estimate of drug-likeness (QED) is 0.760. The van der Waals surface area contributed by atoms with Gasteiger partial charge in [-0.1, -0.05) is 18.2 Å². The minimum atomic E-state index is -0.109. The lowest BCUT2D eigenvalue weighted by atomic mass is 9.89. The molecule has 1 amide bonds. The van der Waals surface area contributed by atoms with E-state index in [1.165, 1.54) is 7.11 Å². The van der Waals surface area contributed by atoms with Gasteiger partial charge in [-0.25, -0.2) is 0 Å². The Labute approximate surface area is 162 Å². The molecule has 0 atom stereocenters. The molecule has 3 aromatic rings. The molecule has 0 radical (unpaired) electrons. The molecule has 1 heterocycles. The summed E-state index contributed by atoms with van der Waals surface area (Å²) in [5.41, 5.74) is 5.94. The highest BCUT2D eigenvalue weighted by Gasteiger charge is 2.22. The lowest BCUT2D eigenvalue weighted by molar-refractivity contribution is 0.0966. The first-order valence-electron chi connectivity index (χ1n) is 8.68. The molecule has 5 heteroatoms. The van der Waals surface area contributed by atoms with Crippen LogP contribution in [0.1, 0.15) is 27.0 Å². The molecule has 1 N–H and O–H groups in total. The first-order chi connectivity index (χ1) is 13.6. The average Bonchev–Trinajstić information content (AvgIpc) is 3.12. The average molecular weight is 365 g/mol. The molecule has 0 fully saturated rings. The van der Waals surface area contributed by atoms with Crippen molar-refractivity contribution in [2.24, 2.45) is 0 Å².